The number of anilines is 1. The number of para-hydroxylation sites is 1. The van der Waals surface area contributed by atoms with Crippen LogP contribution in [0.3, 0.4) is 0 Å². The van der Waals surface area contributed by atoms with E-state index in [9.17, 15) is 0 Å². The summed E-state index contributed by atoms with van der Waals surface area (Å²) in [5.41, 5.74) is 9.85. The summed E-state index contributed by atoms with van der Waals surface area (Å²) in [5, 5.41) is 10.4. The third kappa shape index (κ3) is 1.93. The Balaban J connectivity index is 1.71. The van der Waals surface area contributed by atoms with Crippen molar-refractivity contribution in [3.05, 3.63) is 36.2 Å². The van der Waals surface area contributed by atoms with Crippen LogP contribution in [0.15, 0.2) is 30.6 Å². The van der Waals surface area contributed by atoms with Gasteiger partial charge in [0.2, 0.25) is 0 Å². The van der Waals surface area contributed by atoms with E-state index >= 15 is 0 Å². The summed E-state index contributed by atoms with van der Waals surface area (Å²) in [6.07, 6.45) is 1.79. The van der Waals surface area contributed by atoms with E-state index in [4.69, 9.17) is 10.5 Å². The molecular weight excluding hydrogens is 282 g/mol. The fourth-order valence-electron chi connectivity index (χ4n) is 2.51. The van der Waals surface area contributed by atoms with Crippen LogP contribution in [0.2, 0.25) is 0 Å². The maximum atomic E-state index is 5.89. The van der Waals surface area contributed by atoms with Crippen molar-refractivity contribution < 1.29 is 4.74 Å². The van der Waals surface area contributed by atoms with E-state index in [1.54, 1.807) is 12.4 Å². The van der Waals surface area contributed by atoms with Crippen molar-refractivity contribution in [3.63, 3.8) is 0 Å². The molecule has 0 unspecified atom stereocenters. The van der Waals surface area contributed by atoms with Gasteiger partial charge in [-0.15, -0.1) is 5.10 Å². The molecule has 3 N–H and O–H groups in total. The number of nitrogens with two attached hydrogens (primary N) is 1. The maximum Gasteiger partial charge on any atom is 0.181 e. The van der Waals surface area contributed by atoms with Gasteiger partial charge in [0.25, 0.3) is 0 Å². The van der Waals surface area contributed by atoms with Gasteiger partial charge in [-0.2, -0.15) is 0 Å². The number of H-pyrrole nitrogens is 1. The van der Waals surface area contributed by atoms with E-state index in [1.807, 2.05) is 29.8 Å². The highest BCUT2D eigenvalue weighted by Gasteiger charge is 2.11. The van der Waals surface area contributed by atoms with Crippen LogP contribution in [0.5, 0.6) is 5.75 Å². The van der Waals surface area contributed by atoms with Crippen molar-refractivity contribution in [3.8, 4) is 5.75 Å². The molecule has 4 aromatic rings. The van der Waals surface area contributed by atoms with Crippen molar-refractivity contribution in [2.24, 2.45) is 7.05 Å². The van der Waals surface area contributed by atoms with Crippen LogP contribution in [0, 0.1) is 0 Å². The third-order valence-corrected chi connectivity index (χ3v) is 3.49. The number of fused-ring (bicyclic) bond motifs is 2. The summed E-state index contributed by atoms with van der Waals surface area (Å²) >= 11 is 0. The normalized spacial score (nSPS) is 11.3. The van der Waals surface area contributed by atoms with Crippen LogP contribution >= 0.6 is 0 Å². The highest BCUT2D eigenvalue weighted by Crippen LogP contribution is 2.25. The summed E-state index contributed by atoms with van der Waals surface area (Å²) in [6, 6.07) is 7.59. The molecule has 0 fully saturated rings. The number of hydrogen-bond donors (Lipinski definition) is 2. The van der Waals surface area contributed by atoms with Gasteiger partial charge in [0.15, 0.2) is 16.9 Å². The zero-order valence-electron chi connectivity index (χ0n) is 11.8. The fraction of sp³-hybridized carbons (Fsp3) is 0.143. The molecule has 0 amide bonds. The number of aromatic amines is 1. The minimum absolute atomic E-state index is 0.354. The Morgan fingerprint density at radius 3 is 3.18 bits per heavy atom. The van der Waals surface area contributed by atoms with E-state index in [0.29, 0.717) is 29.3 Å². The largest absolute Gasteiger partial charge is 0.486 e. The lowest BCUT2D eigenvalue weighted by Gasteiger charge is -2.09. The van der Waals surface area contributed by atoms with Crippen LogP contribution in [0.1, 0.15) is 5.56 Å². The Kier molecular flexibility index (Phi) is 2.68. The summed E-state index contributed by atoms with van der Waals surface area (Å²) < 4.78 is 7.87. The van der Waals surface area contributed by atoms with Crippen LogP contribution in [-0.2, 0) is 13.7 Å². The molecule has 110 valence electrons. The number of ether oxygens (including phenoxy) is 1. The van der Waals surface area contributed by atoms with Gasteiger partial charge in [0, 0.05) is 18.7 Å². The molecular formula is C14H13N7O. The molecule has 0 saturated carbocycles. The minimum Gasteiger partial charge on any atom is -0.486 e. The molecule has 0 aliphatic heterocycles. The number of benzene rings is 1. The molecule has 3 heterocycles. The molecule has 4 rings (SSSR count). The van der Waals surface area contributed by atoms with Crippen molar-refractivity contribution in [1.82, 2.24) is 29.9 Å². The third-order valence-electron chi connectivity index (χ3n) is 3.49. The van der Waals surface area contributed by atoms with Crippen LogP contribution in [-0.4, -0.2) is 29.9 Å². The van der Waals surface area contributed by atoms with E-state index in [-0.39, 0.29) is 0 Å². The number of nitrogens with one attached hydrogen (secondary N) is 1. The number of aryl methyl sites for hydroxylation is 1. The van der Waals surface area contributed by atoms with Crippen molar-refractivity contribution in [2.75, 3.05) is 5.73 Å². The molecule has 0 radical (unpaired) electrons. The number of rotatable bonds is 3. The van der Waals surface area contributed by atoms with Crippen LogP contribution in [0.4, 0.5) is 5.82 Å². The first-order valence-electron chi connectivity index (χ1n) is 6.71. The van der Waals surface area contributed by atoms with E-state index in [0.717, 1.165) is 16.6 Å². The molecule has 22 heavy (non-hydrogen) atoms. The molecule has 0 aliphatic carbocycles. The van der Waals surface area contributed by atoms with Crippen molar-refractivity contribution in [2.45, 2.75) is 6.61 Å². The summed E-state index contributed by atoms with van der Waals surface area (Å²) in [4.78, 5) is 8.45. The molecule has 0 spiro atoms. The second-order valence-corrected chi connectivity index (χ2v) is 4.98. The topological polar surface area (TPSA) is 108 Å². The number of nitrogens with zero attached hydrogens (tertiary/aromatic N) is 5. The molecule has 1 aromatic carbocycles. The lowest BCUT2D eigenvalue weighted by atomic mass is 10.2. The Labute approximate surface area is 124 Å². The monoisotopic (exact) mass is 295 g/mol. The number of hydrogen-bond acceptors (Lipinski definition) is 6. The molecule has 8 nitrogen and oxygen atoms in total. The Hall–Kier alpha value is -3.16. The number of imidazole rings is 1. The minimum atomic E-state index is 0.354. The average molecular weight is 295 g/mol. The van der Waals surface area contributed by atoms with E-state index in [2.05, 4.69) is 25.4 Å². The molecule has 3 aromatic heterocycles. The first-order chi connectivity index (χ1) is 10.7. The second kappa shape index (κ2) is 4.69. The number of aromatic nitrogens is 6. The maximum absolute atomic E-state index is 5.89. The molecule has 0 saturated heterocycles. The highest BCUT2D eigenvalue weighted by atomic mass is 16.5. The SMILES string of the molecule is Cn1cnc2cccc(COc3cc(N)nc4[nH]nnc34)c21. The predicted molar refractivity (Wildman–Crippen MR) is 81.1 cm³/mol. The van der Waals surface area contributed by atoms with Crippen LogP contribution in [0.25, 0.3) is 22.2 Å². The van der Waals surface area contributed by atoms with Gasteiger partial charge in [0.05, 0.1) is 17.4 Å². The van der Waals surface area contributed by atoms with Gasteiger partial charge in [-0.1, -0.05) is 17.3 Å². The zero-order chi connectivity index (χ0) is 15.1. The average Bonchev–Trinajstić information content (AvgIpc) is 3.12. The smallest absolute Gasteiger partial charge is 0.181 e. The molecule has 0 bridgehead atoms. The zero-order valence-corrected chi connectivity index (χ0v) is 11.8. The highest BCUT2D eigenvalue weighted by molar-refractivity contribution is 5.80. The molecule has 0 atom stereocenters. The lowest BCUT2D eigenvalue weighted by molar-refractivity contribution is 0.310. The predicted octanol–water partition coefficient (Wildman–Crippen LogP) is 1.40. The van der Waals surface area contributed by atoms with Crippen molar-refractivity contribution in [1.29, 1.82) is 0 Å². The van der Waals surface area contributed by atoms with E-state index < -0.39 is 0 Å². The lowest BCUT2D eigenvalue weighted by Crippen LogP contribution is -2.01. The summed E-state index contributed by atoms with van der Waals surface area (Å²) in [6.45, 7) is 0.377. The van der Waals surface area contributed by atoms with Crippen molar-refractivity contribution >= 4 is 28.0 Å². The van der Waals surface area contributed by atoms with Gasteiger partial charge in [0.1, 0.15) is 12.4 Å². The molecule has 8 heteroatoms. The Bertz CT molecular complexity index is 970. The second-order valence-electron chi connectivity index (χ2n) is 4.98. The number of nitrogen functional groups attached to an aromatic ring is 1. The number of pyridine rings is 1. The summed E-state index contributed by atoms with van der Waals surface area (Å²) in [7, 11) is 1.96. The standard InChI is InChI=1S/C14H13N7O/c1-21-7-16-9-4-2-3-8(13(9)21)6-22-10-5-11(15)17-14-12(10)18-20-19-14/h2-5,7H,6H2,1H3,(H3,15,17,18,19,20). The first-order valence-corrected chi connectivity index (χ1v) is 6.71. The van der Waals surface area contributed by atoms with Gasteiger partial charge in [-0.25, -0.2) is 15.1 Å². The van der Waals surface area contributed by atoms with E-state index in [1.165, 1.54) is 0 Å². The Morgan fingerprint density at radius 1 is 1.36 bits per heavy atom. The van der Waals surface area contributed by atoms with Gasteiger partial charge in [-0.05, 0) is 6.07 Å². The van der Waals surface area contributed by atoms with Gasteiger partial charge >= 0.3 is 0 Å². The Morgan fingerprint density at radius 2 is 2.27 bits per heavy atom. The fourth-order valence-corrected chi connectivity index (χ4v) is 2.51. The quantitative estimate of drug-likeness (QED) is 0.591. The van der Waals surface area contributed by atoms with Gasteiger partial charge < -0.3 is 15.0 Å². The molecule has 0 aliphatic rings. The summed E-state index contributed by atoms with van der Waals surface area (Å²) in [5.74, 6) is 0.905. The van der Waals surface area contributed by atoms with Crippen LogP contribution < -0.4 is 10.5 Å². The first kappa shape index (κ1) is 12.6. The van der Waals surface area contributed by atoms with Gasteiger partial charge in [-0.3, -0.25) is 0 Å².